The Balaban J connectivity index is 1.84. The van der Waals surface area contributed by atoms with Crippen LogP contribution >= 0.6 is 0 Å². The molecule has 24 heavy (non-hydrogen) atoms. The van der Waals surface area contributed by atoms with Crippen molar-refractivity contribution in [1.82, 2.24) is 10.3 Å². The number of nitrogens with one attached hydrogen (secondary N) is 2. The van der Waals surface area contributed by atoms with Crippen LogP contribution < -0.4 is 15.4 Å². The Morgan fingerprint density at radius 2 is 2.08 bits per heavy atom. The van der Waals surface area contributed by atoms with Gasteiger partial charge in [0.05, 0.1) is 5.56 Å². The minimum Gasteiger partial charge on any atom is -0.488 e. The minimum atomic E-state index is -0.879. The number of rotatable bonds is 4. The molecular weight excluding hydrogens is 316 g/mol. The van der Waals surface area contributed by atoms with Crippen LogP contribution in [-0.4, -0.2) is 30.1 Å². The second-order valence-electron chi connectivity index (χ2n) is 5.52. The fourth-order valence-electron chi connectivity index (χ4n) is 2.54. The molecule has 0 bridgehead atoms. The highest BCUT2D eigenvalue weighted by molar-refractivity contribution is 6.04. The lowest BCUT2D eigenvalue weighted by Gasteiger charge is -2.25. The fourth-order valence-corrected chi connectivity index (χ4v) is 2.54. The molecule has 0 spiro atoms. The van der Waals surface area contributed by atoms with Gasteiger partial charge in [0, 0.05) is 24.5 Å². The van der Waals surface area contributed by atoms with E-state index in [2.05, 4.69) is 15.6 Å². The molecule has 0 aliphatic carbocycles. The van der Waals surface area contributed by atoms with E-state index < -0.39 is 17.5 Å². The third kappa shape index (κ3) is 3.86. The summed E-state index contributed by atoms with van der Waals surface area (Å²) < 4.78 is 33.5. The van der Waals surface area contributed by atoms with Gasteiger partial charge in [-0.05, 0) is 38.1 Å². The third-order valence-electron chi connectivity index (χ3n) is 3.76. The molecule has 1 aromatic heterocycles. The van der Waals surface area contributed by atoms with Crippen molar-refractivity contribution in [1.29, 1.82) is 0 Å². The number of hydrogen-bond acceptors (Lipinski definition) is 4. The second-order valence-corrected chi connectivity index (χ2v) is 5.52. The molecule has 1 amide bonds. The van der Waals surface area contributed by atoms with Crippen LogP contribution in [0, 0.1) is 11.6 Å². The van der Waals surface area contributed by atoms with Crippen molar-refractivity contribution in [3.05, 3.63) is 53.9 Å². The largest absolute Gasteiger partial charge is 0.488 e. The average Bonchev–Trinajstić information content (AvgIpc) is 2.59. The molecule has 1 saturated heterocycles. The predicted molar refractivity (Wildman–Crippen MR) is 85.1 cm³/mol. The second kappa shape index (κ2) is 7.35. The summed E-state index contributed by atoms with van der Waals surface area (Å²) in [6.07, 6.45) is 4.20. The van der Waals surface area contributed by atoms with Crippen LogP contribution in [-0.2, 0) is 0 Å². The molecule has 0 saturated carbocycles. The van der Waals surface area contributed by atoms with Gasteiger partial charge in [-0.25, -0.2) is 8.78 Å². The first-order valence-corrected chi connectivity index (χ1v) is 7.71. The monoisotopic (exact) mass is 333 g/mol. The summed E-state index contributed by atoms with van der Waals surface area (Å²) in [5.74, 6) is -2.17. The van der Waals surface area contributed by atoms with Gasteiger partial charge in [-0.15, -0.1) is 0 Å². The zero-order valence-corrected chi connectivity index (χ0v) is 12.9. The number of piperidine rings is 1. The molecule has 1 aromatic carbocycles. The Morgan fingerprint density at radius 3 is 2.79 bits per heavy atom. The molecule has 2 N–H and O–H groups in total. The first kappa shape index (κ1) is 16.3. The summed E-state index contributed by atoms with van der Waals surface area (Å²) in [5, 5.41) is 5.64. The van der Waals surface area contributed by atoms with Crippen molar-refractivity contribution in [2.24, 2.45) is 0 Å². The van der Waals surface area contributed by atoms with Gasteiger partial charge in [0.15, 0.2) is 5.82 Å². The number of anilines is 1. The van der Waals surface area contributed by atoms with E-state index in [9.17, 15) is 13.6 Å². The summed E-state index contributed by atoms with van der Waals surface area (Å²) in [6.45, 7) is 1.56. The summed E-state index contributed by atoms with van der Waals surface area (Å²) in [5.41, 5.74) is 0.109. The van der Waals surface area contributed by atoms with E-state index in [1.54, 1.807) is 12.1 Å². The fraction of sp³-hybridized carbons (Fsp3) is 0.294. The van der Waals surface area contributed by atoms with E-state index in [1.165, 1.54) is 12.4 Å². The summed E-state index contributed by atoms with van der Waals surface area (Å²) >= 11 is 0. The van der Waals surface area contributed by atoms with Gasteiger partial charge < -0.3 is 15.4 Å². The molecule has 0 atom stereocenters. The van der Waals surface area contributed by atoms with E-state index >= 15 is 0 Å². The Kier molecular flexibility index (Phi) is 5.00. The molecule has 1 fully saturated rings. The van der Waals surface area contributed by atoms with Crippen LogP contribution in [0.4, 0.5) is 14.5 Å². The molecule has 7 heteroatoms. The smallest absolute Gasteiger partial charge is 0.257 e. The number of aromatic nitrogens is 1. The number of pyridine rings is 1. The van der Waals surface area contributed by atoms with Gasteiger partial charge in [-0.2, -0.15) is 0 Å². The zero-order chi connectivity index (χ0) is 16.9. The number of ether oxygens (including phenoxy) is 1. The van der Waals surface area contributed by atoms with Gasteiger partial charge >= 0.3 is 0 Å². The van der Waals surface area contributed by atoms with Crippen LogP contribution in [0.15, 0.2) is 36.7 Å². The van der Waals surface area contributed by atoms with Gasteiger partial charge in [0.25, 0.3) is 5.91 Å². The van der Waals surface area contributed by atoms with Crippen LogP contribution in [0.5, 0.6) is 5.75 Å². The van der Waals surface area contributed by atoms with Crippen molar-refractivity contribution in [2.45, 2.75) is 18.9 Å². The molecule has 0 unspecified atom stereocenters. The predicted octanol–water partition coefficient (Wildman–Crippen LogP) is 2.74. The number of amides is 1. The maximum Gasteiger partial charge on any atom is 0.257 e. The molecule has 3 rings (SSSR count). The molecule has 2 aromatic rings. The lowest BCUT2D eigenvalue weighted by Crippen LogP contribution is -2.34. The summed E-state index contributed by atoms with van der Waals surface area (Å²) in [6, 6.07) is 4.96. The first-order chi connectivity index (χ1) is 11.6. The Bertz CT molecular complexity index is 719. The van der Waals surface area contributed by atoms with Crippen LogP contribution in [0.1, 0.15) is 23.2 Å². The van der Waals surface area contributed by atoms with Crippen molar-refractivity contribution >= 4 is 11.6 Å². The summed E-state index contributed by atoms with van der Waals surface area (Å²) in [4.78, 5) is 16.1. The third-order valence-corrected chi connectivity index (χ3v) is 3.76. The molecule has 0 radical (unpaired) electrons. The Labute approximate surface area is 138 Å². The quantitative estimate of drug-likeness (QED) is 0.903. The molecule has 1 aliphatic rings. The highest BCUT2D eigenvalue weighted by Crippen LogP contribution is 2.31. The van der Waals surface area contributed by atoms with Crippen LogP contribution in [0.3, 0.4) is 0 Å². The van der Waals surface area contributed by atoms with E-state index in [0.717, 1.165) is 32.0 Å². The van der Waals surface area contributed by atoms with E-state index in [-0.39, 0.29) is 23.1 Å². The standard InChI is InChI=1S/C17H17F2N3O2/c18-12-8-14(19)16(22-17(23)11-2-1-5-21-10-11)15(9-12)24-13-3-6-20-7-4-13/h1-2,5,8-10,13,20H,3-4,6-7H2,(H,22,23). The average molecular weight is 333 g/mol. The maximum absolute atomic E-state index is 14.2. The number of nitrogens with zero attached hydrogens (tertiary/aromatic N) is 1. The van der Waals surface area contributed by atoms with Gasteiger partial charge in [-0.3, -0.25) is 9.78 Å². The lowest BCUT2D eigenvalue weighted by atomic mass is 10.1. The van der Waals surface area contributed by atoms with Gasteiger partial charge in [-0.1, -0.05) is 0 Å². The Hall–Kier alpha value is -2.54. The lowest BCUT2D eigenvalue weighted by molar-refractivity contribution is 0.102. The van der Waals surface area contributed by atoms with Crippen molar-refractivity contribution in [3.63, 3.8) is 0 Å². The highest BCUT2D eigenvalue weighted by atomic mass is 19.1. The van der Waals surface area contributed by atoms with E-state index in [1.807, 2.05) is 0 Å². The number of carbonyl (C=O) groups excluding carboxylic acids is 1. The number of halogens is 2. The number of benzene rings is 1. The SMILES string of the molecule is O=C(Nc1c(F)cc(F)cc1OC1CCNCC1)c1cccnc1. The van der Waals surface area contributed by atoms with Crippen molar-refractivity contribution in [2.75, 3.05) is 18.4 Å². The molecule has 5 nitrogen and oxygen atoms in total. The van der Waals surface area contributed by atoms with Crippen LogP contribution in [0.25, 0.3) is 0 Å². The van der Waals surface area contributed by atoms with Gasteiger partial charge in [0.2, 0.25) is 0 Å². The minimum absolute atomic E-state index is 0.00311. The van der Waals surface area contributed by atoms with Crippen molar-refractivity contribution < 1.29 is 18.3 Å². The molecule has 126 valence electrons. The molecular formula is C17H17F2N3O2. The van der Waals surface area contributed by atoms with E-state index in [0.29, 0.717) is 6.07 Å². The van der Waals surface area contributed by atoms with Gasteiger partial charge in [0.1, 0.15) is 23.4 Å². The number of carbonyl (C=O) groups is 1. The topological polar surface area (TPSA) is 63.2 Å². The van der Waals surface area contributed by atoms with Crippen molar-refractivity contribution in [3.8, 4) is 5.75 Å². The first-order valence-electron chi connectivity index (χ1n) is 7.71. The zero-order valence-electron chi connectivity index (χ0n) is 12.9. The summed E-state index contributed by atoms with van der Waals surface area (Å²) in [7, 11) is 0. The number of hydrogen-bond donors (Lipinski definition) is 2. The normalized spacial score (nSPS) is 15.1. The molecule has 1 aliphatic heterocycles. The van der Waals surface area contributed by atoms with Crippen LogP contribution in [0.2, 0.25) is 0 Å². The maximum atomic E-state index is 14.2. The highest BCUT2D eigenvalue weighted by Gasteiger charge is 2.21. The Morgan fingerprint density at radius 1 is 1.29 bits per heavy atom. The van der Waals surface area contributed by atoms with E-state index in [4.69, 9.17) is 4.74 Å². The molecule has 2 heterocycles.